The van der Waals surface area contributed by atoms with Crippen LogP contribution in [0.1, 0.15) is 12.8 Å². The van der Waals surface area contributed by atoms with Gasteiger partial charge in [-0.15, -0.1) is 0 Å². The lowest BCUT2D eigenvalue weighted by Gasteiger charge is -2.31. The van der Waals surface area contributed by atoms with Crippen LogP contribution in [-0.4, -0.2) is 49.1 Å². The molecule has 1 fully saturated rings. The van der Waals surface area contributed by atoms with Gasteiger partial charge in [-0.2, -0.15) is 13.2 Å². The maximum atomic E-state index is 12.3. The fraction of sp³-hybridized carbons (Fsp3) is 0.400. The summed E-state index contributed by atoms with van der Waals surface area (Å²) in [7, 11) is 0. The second kappa shape index (κ2) is 8.50. The Balaban J connectivity index is 1.45. The van der Waals surface area contributed by atoms with E-state index < -0.39 is 24.5 Å². The van der Waals surface area contributed by atoms with Gasteiger partial charge in [0, 0.05) is 19.0 Å². The third-order valence-corrected chi connectivity index (χ3v) is 4.76. The highest BCUT2D eigenvalue weighted by Crippen LogP contribution is 2.22. The molecule has 1 heterocycles. The maximum Gasteiger partial charge on any atom is 0.405 e. The van der Waals surface area contributed by atoms with Crippen molar-refractivity contribution in [1.29, 1.82) is 0 Å². The van der Waals surface area contributed by atoms with Gasteiger partial charge in [-0.1, -0.05) is 30.3 Å². The van der Waals surface area contributed by atoms with E-state index >= 15 is 0 Å². The topological polar surface area (TPSA) is 58.6 Å². The van der Waals surface area contributed by atoms with Gasteiger partial charge in [0.05, 0.1) is 0 Å². The summed E-state index contributed by atoms with van der Waals surface area (Å²) in [5.74, 6) is -0.736. The molecular formula is C20H21F3N2O3. The highest BCUT2D eigenvalue weighted by molar-refractivity contribution is 5.84. The first-order valence-corrected chi connectivity index (χ1v) is 9.06. The minimum atomic E-state index is -4.42. The van der Waals surface area contributed by atoms with Crippen LogP contribution in [0.5, 0.6) is 5.75 Å². The molecule has 0 saturated carbocycles. The van der Waals surface area contributed by atoms with E-state index in [0.717, 1.165) is 10.8 Å². The number of nitrogens with zero attached hydrogens (tertiary/aromatic N) is 1. The highest BCUT2D eigenvalue weighted by atomic mass is 19.4. The van der Waals surface area contributed by atoms with Crippen molar-refractivity contribution < 1.29 is 27.5 Å². The predicted molar refractivity (Wildman–Crippen MR) is 97.8 cm³/mol. The number of carbonyl (C=O) groups is 2. The Morgan fingerprint density at radius 3 is 2.43 bits per heavy atom. The molecule has 0 bridgehead atoms. The summed E-state index contributed by atoms with van der Waals surface area (Å²) in [6.07, 6.45) is -3.75. The largest absolute Gasteiger partial charge is 0.484 e. The lowest BCUT2D eigenvalue weighted by Crippen LogP contribution is -2.45. The molecule has 0 radical (unpaired) electrons. The first-order chi connectivity index (χ1) is 13.3. The van der Waals surface area contributed by atoms with Crippen molar-refractivity contribution in [2.75, 3.05) is 26.2 Å². The van der Waals surface area contributed by atoms with Gasteiger partial charge in [-0.05, 0) is 35.7 Å². The number of hydrogen-bond acceptors (Lipinski definition) is 3. The molecule has 3 rings (SSSR count). The average Bonchev–Trinajstić information content (AvgIpc) is 2.69. The Morgan fingerprint density at radius 2 is 1.75 bits per heavy atom. The minimum Gasteiger partial charge on any atom is -0.484 e. The Kier molecular flexibility index (Phi) is 6.06. The number of carbonyl (C=O) groups excluding carboxylic acids is 2. The number of piperidine rings is 1. The first kappa shape index (κ1) is 20.0. The molecule has 5 nitrogen and oxygen atoms in total. The molecule has 150 valence electrons. The Labute approximate surface area is 160 Å². The molecule has 1 aliphatic rings. The van der Waals surface area contributed by atoms with Crippen LogP contribution in [0, 0.1) is 5.92 Å². The van der Waals surface area contributed by atoms with Crippen LogP contribution in [0.3, 0.4) is 0 Å². The molecule has 2 aromatic carbocycles. The SMILES string of the molecule is O=C(NCC(F)(F)F)C1CCN(C(=O)COc2ccc3ccccc3c2)CC1. The third-order valence-electron chi connectivity index (χ3n) is 4.76. The van der Waals surface area contributed by atoms with E-state index in [9.17, 15) is 22.8 Å². The van der Waals surface area contributed by atoms with Crippen molar-refractivity contribution in [3.63, 3.8) is 0 Å². The fourth-order valence-corrected chi connectivity index (χ4v) is 3.22. The lowest BCUT2D eigenvalue weighted by atomic mass is 9.96. The summed E-state index contributed by atoms with van der Waals surface area (Å²) in [5, 5.41) is 3.99. The standard InChI is InChI=1S/C20H21F3N2O3/c21-20(22,23)13-24-19(27)15-7-9-25(10-8-15)18(26)12-28-17-6-5-14-3-1-2-4-16(14)11-17/h1-6,11,15H,7-10,12-13H2,(H,24,27). The summed E-state index contributed by atoms with van der Waals surface area (Å²) in [5.41, 5.74) is 0. The molecule has 1 saturated heterocycles. The number of halogens is 3. The van der Waals surface area contributed by atoms with E-state index in [2.05, 4.69) is 0 Å². The number of alkyl halides is 3. The van der Waals surface area contributed by atoms with Crippen molar-refractivity contribution in [3.8, 4) is 5.75 Å². The molecule has 28 heavy (non-hydrogen) atoms. The third kappa shape index (κ3) is 5.37. The number of likely N-dealkylation sites (tertiary alicyclic amines) is 1. The van der Waals surface area contributed by atoms with Crippen molar-refractivity contribution >= 4 is 22.6 Å². The van der Waals surface area contributed by atoms with E-state index in [1.807, 2.05) is 41.7 Å². The van der Waals surface area contributed by atoms with E-state index in [1.54, 1.807) is 11.0 Å². The van der Waals surface area contributed by atoms with Crippen molar-refractivity contribution in [1.82, 2.24) is 10.2 Å². The van der Waals surface area contributed by atoms with Crippen LogP contribution in [0.15, 0.2) is 42.5 Å². The molecule has 2 aromatic rings. The molecular weight excluding hydrogens is 373 g/mol. The summed E-state index contributed by atoms with van der Waals surface area (Å²) < 4.78 is 42.1. The van der Waals surface area contributed by atoms with Gasteiger partial charge in [-0.25, -0.2) is 0 Å². The zero-order chi connectivity index (χ0) is 20.1. The van der Waals surface area contributed by atoms with Crippen LogP contribution in [0.25, 0.3) is 10.8 Å². The van der Waals surface area contributed by atoms with Crippen LogP contribution < -0.4 is 10.1 Å². The van der Waals surface area contributed by atoms with Gasteiger partial charge in [0.2, 0.25) is 5.91 Å². The summed E-state index contributed by atoms with van der Waals surface area (Å²) in [6, 6.07) is 13.4. The van der Waals surface area contributed by atoms with Gasteiger partial charge in [0.1, 0.15) is 12.3 Å². The van der Waals surface area contributed by atoms with E-state index in [-0.39, 0.29) is 12.5 Å². The quantitative estimate of drug-likeness (QED) is 0.848. The van der Waals surface area contributed by atoms with Gasteiger partial charge >= 0.3 is 6.18 Å². The van der Waals surface area contributed by atoms with Crippen LogP contribution in [0.2, 0.25) is 0 Å². The van der Waals surface area contributed by atoms with Crippen molar-refractivity contribution in [2.24, 2.45) is 5.92 Å². The maximum absolute atomic E-state index is 12.3. The monoisotopic (exact) mass is 394 g/mol. The Hall–Kier alpha value is -2.77. The fourth-order valence-electron chi connectivity index (χ4n) is 3.22. The molecule has 8 heteroatoms. The second-order valence-electron chi connectivity index (χ2n) is 6.79. The van der Waals surface area contributed by atoms with Gasteiger partial charge < -0.3 is 15.0 Å². The Morgan fingerprint density at radius 1 is 1.07 bits per heavy atom. The van der Waals surface area contributed by atoms with Gasteiger partial charge in [0.15, 0.2) is 6.61 Å². The number of hydrogen-bond donors (Lipinski definition) is 1. The summed E-state index contributed by atoms with van der Waals surface area (Å²) in [4.78, 5) is 25.7. The molecule has 2 amide bonds. The highest BCUT2D eigenvalue weighted by Gasteiger charge is 2.31. The summed E-state index contributed by atoms with van der Waals surface area (Å²) in [6.45, 7) is -0.804. The smallest absolute Gasteiger partial charge is 0.405 e. The van der Waals surface area contributed by atoms with Crippen molar-refractivity contribution in [2.45, 2.75) is 19.0 Å². The van der Waals surface area contributed by atoms with E-state index in [1.165, 1.54) is 0 Å². The number of nitrogens with one attached hydrogen (secondary N) is 1. The average molecular weight is 394 g/mol. The summed E-state index contributed by atoms with van der Waals surface area (Å²) >= 11 is 0. The van der Waals surface area contributed by atoms with Gasteiger partial charge in [0.25, 0.3) is 5.91 Å². The van der Waals surface area contributed by atoms with Gasteiger partial charge in [-0.3, -0.25) is 9.59 Å². The molecule has 0 atom stereocenters. The van der Waals surface area contributed by atoms with E-state index in [0.29, 0.717) is 31.7 Å². The van der Waals surface area contributed by atoms with Crippen LogP contribution in [0.4, 0.5) is 13.2 Å². The van der Waals surface area contributed by atoms with E-state index in [4.69, 9.17) is 4.74 Å². The predicted octanol–water partition coefficient (Wildman–Crippen LogP) is 3.14. The lowest BCUT2D eigenvalue weighted by molar-refractivity contribution is -0.143. The first-order valence-electron chi connectivity index (χ1n) is 9.06. The second-order valence-corrected chi connectivity index (χ2v) is 6.79. The molecule has 0 spiro atoms. The number of ether oxygens (including phenoxy) is 1. The molecule has 1 aliphatic heterocycles. The minimum absolute atomic E-state index is 0.122. The molecule has 0 aromatic heterocycles. The molecule has 0 unspecified atom stereocenters. The zero-order valence-corrected chi connectivity index (χ0v) is 15.2. The number of rotatable bonds is 5. The van der Waals surface area contributed by atoms with Crippen molar-refractivity contribution in [3.05, 3.63) is 42.5 Å². The zero-order valence-electron chi connectivity index (χ0n) is 15.2. The Bertz CT molecular complexity index is 846. The molecule has 0 aliphatic carbocycles. The van der Waals surface area contributed by atoms with Crippen LogP contribution >= 0.6 is 0 Å². The normalized spacial score (nSPS) is 15.5. The number of amides is 2. The number of fused-ring (bicyclic) bond motifs is 1. The van der Waals surface area contributed by atoms with Crippen LogP contribution in [-0.2, 0) is 9.59 Å². The molecule has 1 N–H and O–H groups in total. The number of benzene rings is 2.